The molecule has 29 heavy (non-hydrogen) atoms. The maximum Gasteiger partial charge on any atom is 0.220 e. The lowest BCUT2D eigenvalue weighted by Gasteiger charge is -2.33. The van der Waals surface area contributed by atoms with Crippen molar-refractivity contribution < 1.29 is 19.3 Å². The van der Waals surface area contributed by atoms with Gasteiger partial charge in [0.2, 0.25) is 17.2 Å². The minimum Gasteiger partial charge on any atom is -0.497 e. The molecule has 0 saturated carbocycles. The fourth-order valence-electron chi connectivity index (χ4n) is 3.98. The van der Waals surface area contributed by atoms with Crippen molar-refractivity contribution in [3.63, 3.8) is 0 Å². The molecule has 0 atom stereocenters. The molecule has 1 fully saturated rings. The Bertz CT molecular complexity index is 1060. The largest absolute Gasteiger partial charge is 0.497 e. The van der Waals surface area contributed by atoms with Gasteiger partial charge in [-0.05, 0) is 25.0 Å². The number of rotatable bonds is 5. The molecule has 6 heteroatoms. The molecule has 6 nitrogen and oxygen atoms in total. The highest BCUT2D eigenvalue weighted by atomic mass is 16.5. The Morgan fingerprint density at radius 3 is 2.48 bits per heavy atom. The van der Waals surface area contributed by atoms with E-state index in [0.717, 1.165) is 22.3 Å². The summed E-state index contributed by atoms with van der Waals surface area (Å²) >= 11 is 0. The van der Waals surface area contributed by atoms with Gasteiger partial charge >= 0.3 is 0 Å². The summed E-state index contributed by atoms with van der Waals surface area (Å²) in [5.41, 5.74) is 8.53. The van der Waals surface area contributed by atoms with E-state index in [1.165, 1.54) is 0 Å². The number of nitrogens with one attached hydrogen (secondary N) is 1. The van der Waals surface area contributed by atoms with Crippen molar-refractivity contribution in [1.82, 2.24) is 0 Å². The van der Waals surface area contributed by atoms with Crippen LogP contribution in [0, 0.1) is 5.92 Å². The number of aromatic amines is 1. The van der Waals surface area contributed by atoms with Crippen LogP contribution in [-0.2, 0) is 4.79 Å². The summed E-state index contributed by atoms with van der Waals surface area (Å²) in [5, 5.41) is 0.920. The van der Waals surface area contributed by atoms with E-state index in [2.05, 4.69) is 9.88 Å². The van der Waals surface area contributed by atoms with Crippen molar-refractivity contribution in [3.05, 3.63) is 65.9 Å². The maximum atomic E-state index is 13.3. The Hall–Kier alpha value is -3.41. The number of fused-ring (bicyclic) bond motifs is 1. The van der Waals surface area contributed by atoms with Crippen molar-refractivity contribution in [1.29, 1.82) is 0 Å². The van der Waals surface area contributed by atoms with Crippen LogP contribution in [0.25, 0.3) is 10.9 Å². The number of primary amides is 1. The van der Waals surface area contributed by atoms with E-state index in [4.69, 9.17) is 10.5 Å². The highest BCUT2D eigenvalue weighted by molar-refractivity contribution is 6.15. The number of nitrogens with zero attached hydrogens (tertiary/aromatic N) is 1. The van der Waals surface area contributed by atoms with E-state index in [9.17, 15) is 9.59 Å². The van der Waals surface area contributed by atoms with Crippen molar-refractivity contribution in [3.8, 4) is 5.75 Å². The number of methoxy groups -OCH3 is 1. The molecular formula is C23H24N3O3+. The standard InChI is InChI=1S/C23H23N3O3/c1-29-17-7-8-20-18(13-17)21(26-11-9-16(10-12-26)23(24)28)19(14-25-20)22(27)15-5-3-2-4-6-15/h2-8,13-14,16H,9-12H2,1H3,(H2,24,28)/p+1. The predicted octanol–water partition coefficient (Wildman–Crippen LogP) is 2.60. The molecule has 2 heterocycles. The zero-order valence-corrected chi connectivity index (χ0v) is 16.4. The molecule has 0 aliphatic carbocycles. The van der Waals surface area contributed by atoms with Crippen LogP contribution in [-0.4, -0.2) is 31.9 Å². The summed E-state index contributed by atoms with van der Waals surface area (Å²) in [7, 11) is 1.63. The first-order valence-electron chi connectivity index (χ1n) is 9.75. The van der Waals surface area contributed by atoms with E-state index in [0.29, 0.717) is 37.1 Å². The van der Waals surface area contributed by atoms with E-state index in [1.54, 1.807) is 13.3 Å². The molecule has 1 amide bonds. The number of hydrogen-bond acceptors (Lipinski definition) is 4. The first kappa shape index (κ1) is 18.9. The van der Waals surface area contributed by atoms with Gasteiger partial charge in [-0.25, -0.2) is 4.98 Å². The molecule has 0 unspecified atom stereocenters. The van der Waals surface area contributed by atoms with E-state index in [-0.39, 0.29) is 17.6 Å². The van der Waals surface area contributed by atoms with Crippen LogP contribution < -0.4 is 20.4 Å². The number of piperidine rings is 1. The molecular weight excluding hydrogens is 366 g/mol. The monoisotopic (exact) mass is 390 g/mol. The number of carbonyl (C=O) groups is 2. The summed E-state index contributed by atoms with van der Waals surface area (Å²) in [6, 6.07) is 15.0. The number of ketones is 1. The summed E-state index contributed by atoms with van der Waals surface area (Å²) in [4.78, 5) is 30.3. The van der Waals surface area contributed by atoms with Crippen LogP contribution in [0.5, 0.6) is 5.75 Å². The topological polar surface area (TPSA) is 86.8 Å². The van der Waals surface area contributed by atoms with Crippen LogP contribution in [0.15, 0.2) is 54.7 Å². The molecule has 4 rings (SSSR count). The third kappa shape index (κ3) is 3.66. The summed E-state index contributed by atoms with van der Waals surface area (Å²) in [6.07, 6.45) is 3.14. The fraction of sp³-hybridized carbons (Fsp3) is 0.261. The van der Waals surface area contributed by atoms with Crippen LogP contribution in [0.3, 0.4) is 0 Å². The van der Waals surface area contributed by atoms with Gasteiger partial charge in [-0.2, -0.15) is 0 Å². The van der Waals surface area contributed by atoms with Crippen LogP contribution in [0.2, 0.25) is 0 Å². The lowest BCUT2D eigenvalue weighted by Crippen LogP contribution is -2.39. The number of amides is 1. The predicted molar refractivity (Wildman–Crippen MR) is 111 cm³/mol. The molecule has 0 radical (unpaired) electrons. The highest BCUT2D eigenvalue weighted by Gasteiger charge is 2.29. The number of aromatic nitrogens is 1. The Balaban J connectivity index is 1.84. The number of anilines is 1. The summed E-state index contributed by atoms with van der Waals surface area (Å²) in [6.45, 7) is 1.33. The van der Waals surface area contributed by atoms with Gasteiger partial charge in [0.05, 0.1) is 18.2 Å². The van der Waals surface area contributed by atoms with Crippen LogP contribution in [0.1, 0.15) is 28.8 Å². The van der Waals surface area contributed by atoms with E-state index >= 15 is 0 Å². The SMILES string of the molecule is COc1ccc2[nH+]cc(C(=O)c3ccccc3)c(N3CCC(C(N)=O)CC3)c2c1. The zero-order chi connectivity index (χ0) is 20.4. The van der Waals surface area contributed by atoms with Crippen LogP contribution in [0.4, 0.5) is 5.69 Å². The van der Waals surface area contributed by atoms with Crippen molar-refractivity contribution in [2.75, 3.05) is 25.1 Å². The number of ether oxygens (including phenoxy) is 1. The Morgan fingerprint density at radius 2 is 1.83 bits per heavy atom. The van der Waals surface area contributed by atoms with Gasteiger partial charge in [0.1, 0.15) is 11.3 Å². The number of carbonyl (C=O) groups excluding carboxylic acids is 2. The number of H-pyrrole nitrogens is 1. The van der Waals surface area contributed by atoms with Gasteiger partial charge < -0.3 is 15.4 Å². The van der Waals surface area contributed by atoms with Gasteiger partial charge in [-0.1, -0.05) is 30.3 Å². The normalized spacial score (nSPS) is 14.7. The number of hydrogen-bond donors (Lipinski definition) is 1. The quantitative estimate of drug-likeness (QED) is 0.679. The summed E-state index contributed by atoms with van der Waals surface area (Å²) < 4.78 is 5.42. The molecule has 2 aromatic carbocycles. The lowest BCUT2D eigenvalue weighted by atomic mass is 9.93. The van der Waals surface area contributed by atoms with Gasteiger partial charge in [0, 0.05) is 30.6 Å². The second-order valence-electron chi connectivity index (χ2n) is 7.32. The zero-order valence-electron chi connectivity index (χ0n) is 16.4. The Morgan fingerprint density at radius 1 is 1.10 bits per heavy atom. The number of nitrogens with two attached hydrogens (primary N) is 1. The number of benzene rings is 2. The third-order valence-corrected chi connectivity index (χ3v) is 5.60. The second kappa shape index (κ2) is 7.91. The lowest BCUT2D eigenvalue weighted by molar-refractivity contribution is -0.344. The first-order chi connectivity index (χ1) is 14.1. The average molecular weight is 390 g/mol. The maximum absolute atomic E-state index is 13.3. The van der Waals surface area contributed by atoms with Gasteiger partial charge in [0.15, 0.2) is 6.20 Å². The first-order valence-corrected chi connectivity index (χ1v) is 9.75. The van der Waals surface area contributed by atoms with E-state index < -0.39 is 0 Å². The van der Waals surface area contributed by atoms with Gasteiger partial charge in [0.25, 0.3) is 0 Å². The highest BCUT2D eigenvalue weighted by Crippen LogP contribution is 2.34. The van der Waals surface area contributed by atoms with Crippen LogP contribution >= 0.6 is 0 Å². The molecule has 148 valence electrons. The molecule has 3 aromatic rings. The fourth-order valence-corrected chi connectivity index (χ4v) is 3.98. The van der Waals surface area contributed by atoms with Crippen molar-refractivity contribution in [2.45, 2.75) is 12.8 Å². The molecule has 3 N–H and O–H groups in total. The second-order valence-corrected chi connectivity index (χ2v) is 7.32. The van der Waals surface area contributed by atoms with Gasteiger partial charge in [-0.15, -0.1) is 0 Å². The average Bonchev–Trinajstić information content (AvgIpc) is 2.78. The Kier molecular flexibility index (Phi) is 5.16. The Labute approximate surface area is 169 Å². The molecule has 0 spiro atoms. The number of pyridine rings is 1. The molecule has 1 aliphatic rings. The third-order valence-electron chi connectivity index (χ3n) is 5.60. The minimum atomic E-state index is -0.252. The molecule has 1 aliphatic heterocycles. The molecule has 1 saturated heterocycles. The van der Waals surface area contributed by atoms with Crippen molar-refractivity contribution >= 4 is 28.3 Å². The smallest absolute Gasteiger partial charge is 0.220 e. The van der Waals surface area contributed by atoms with Crippen molar-refractivity contribution in [2.24, 2.45) is 11.7 Å². The van der Waals surface area contributed by atoms with E-state index in [1.807, 2.05) is 48.5 Å². The minimum absolute atomic E-state index is 0.0430. The molecule has 1 aromatic heterocycles. The molecule has 0 bridgehead atoms. The summed E-state index contributed by atoms with van der Waals surface area (Å²) in [5.74, 6) is 0.316. The van der Waals surface area contributed by atoms with Gasteiger partial charge in [-0.3, -0.25) is 9.59 Å².